The van der Waals surface area contributed by atoms with Crippen LogP contribution in [0.5, 0.6) is 11.5 Å². The number of alkyl halides is 2. The topological polar surface area (TPSA) is 94.1 Å². The summed E-state index contributed by atoms with van der Waals surface area (Å²) in [5, 5.41) is 14.1. The SMILES string of the molecule is COc1cc(-c2noc(CSc3nc4c(cc3C#N)CCCC4)n2)ccc1OC(F)F. The summed E-state index contributed by atoms with van der Waals surface area (Å²) in [6.45, 7) is -2.95. The molecule has 0 saturated carbocycles. The van der Waals surface area contributed by atoms with Gasteiger partial charge in [0.2, 0.25) is 11.7 Å². The van der Waals surface area contributed by atoms with E-state index in [9.17, 15) is 14.0 Å². The smallest absolute Gasteiger partial charge is 0.387 e. The van der Waals surface area contributed by atoms with E-state index >= 15 is 0 Å². The van der Waals surface area contributed by atoms with E-state index in [1.165, 1.54) is 31.0 Å². The van der Waals surface area contributed by atoms with E-state index in [0.29, 0.717) is 27.8 Å². The van der Waals surface area contributed by atoms with Crippen LogP contribution in [0.2, 0.25) is 0 Å². The highest BCUT2D eigenvalue weighted by Gasteiger charge is 2.18. The molecule has 0 bridgehead atoms. The van der Waals surface area contributed by atoms with Crippen LogP contribution in [0.25, 0.3) is 11.4 Å². The number of halogens is 2. The Labute approximate surface area is 181 Å². The maximum Gasteiger partial charge on any atom is 0.387 e. The summed E-state index contributed by atoms with van der Waals surface area (Å²) in [7, 11) is 1.36. The molecule has 7 nitrogen and oxygen atoms in total. The molecule has 2 aromatic heterocycles. The van der Waals surface area contributed by atoms with Crippen molar-refractivity contribution in [3.8, 4) is 29.0 Å². The van der Waals surface area contributed by atoms with E-state index in [2.05, 4.69) is 25.9 Å². The lowest BCUT2D eigenvalue weighted by atomic mass is 9.95. The third-order valence-corrected chi connectivity index (χ3v) is 5.80. The third kappa shape index (κ3) is 4.77. The number of nitrogens with zero attached hydrogens (tertiary/aromatic N) is 4. The molecule has 0 saturated heterocycles. The lowest BCUT2D eigenvalue weighted by molar-refractivity contribution is -0.0512. The van der Waals surface area contributed by atoms with Crippen molar-refractivity contribution in [1.82, 2.24) is 15.1 Å². The van der Waals surface area contributed by atoms with E-state index in [4.69, 9.17) is 9.26 Å². The second kappa shape index (κ2) is 9.31. The Morgan fingerprint density at radius 2 is 2.03 bits per heavy atom. The molecular weight excluding hydrogens is 426 g/mol. The molecule has 4 rings (SSSR count). The van der Waals surface area contributed by atoms with E-state index in [0.717, 1.165) is 36.9 Å². The Balaban J connectivity index is 1.50. The van der Waals surface area contributed by atoms with Crippen LogP contribution < -0.4 is 9.47 Å². The highest BCUT2D eigenvalue weighted by molar-refractivity contribution is 7.98. The molecule has 31 heavy (non-hydrogen) atoms. The van der Waals surface area contributed by atoms with Crippen molar-refractivity contribution in [2.45, 2.75) is 43.1 Å². The van der Waals surface area contributed by atoms with E-state index in [1.54, 1.807) is 6.07 Å². The quantitative estimate of drug-likeness (QED) is 0.481. The van der Waals surface area contributed by atoms with Gasteiger partial charge < -0.3 is 14.0 Å². The largest absolute Gasteiger partial charge is 0.493 e. The normalized spacial score (nSPS) is 13.0. The molecular formula is C21H18F2N4O3S. The van der Waals surface area contributed by atoms with Crippen LogP contribution >= 0.6 is 11.8 Å². The van der Waals surface area contributed by atoms with Gasteiger partial charge in [0.15, 0.2) is 11.5 Å². The number of hydrogen-bond acceptors (Lipinski definition) is 8. The fourth-order valence-electron chi connectivity index (χ4n) is 3.37. The van der Waals surface area contributed by atoms with Gasteiger partial charge in [0.25, 0.3) is 0 Å². The average molecular weight is 444 g/mol. The molecule has 10 heteroatoms. The van der Waals surface area contributed by atoms with Crippen LogP contribution in [0.3, 0.4) is 0 Å². The Hall–Kier alpha value is -3.19. The number of benzene rings is 1. The lowest BCUT2D eigenvalue weighted by Crippen LogP contribution is -2.07. The molecule has 0 fully saturated rings. The van der Waals surface area contributed by atoms with E-state index in [1.807, 2.05) is 6.07 Å². The van der Waals surface area contributed by atoms with Crippen LogP contribution in [0.4, 0.5) is 8.78 Å². The molecule has 0 amide bonds. The number of rotatable bonds is 7. The first-order valence-corrected chi connectivity index (χ1v) is 10.6. The summed E-state index contributed by atoms with van der Waals surface area (Å²) in [5.74, 6) is 1.04. The highest BCUT2D eigenvalue weighted by atomic mass is 32.2. The Bertz CT molecular complexity index is 1130. The number of fused-ring (bicyclic) bond motifs is 1. The average Bonchev–Trinajstić information content (AvgIpc) is 3.26. The summed E-state index contributed by atoms with van der Waals surface area (Å²) < 4.78 is 39.8. The Kier molecular flexibility index (Phi) is 6.32. The van der Waals surface area contributed by atoms with Crippen molar-refractivity contribution in [3.63, 3.8) is 0 Å². The van der Waals surface area contributed by atoms with Crippen molar-refractivity contribution >= 4 is 11.8 Å². The van der Waals surface area contributed by atoms with Gasteiger partial charge in [-0.25, -0.2) is 4.98 Å². The van der Waals surface area contributed by atoms with E-state index < -0.39 is 6.61 Å². The summed E-state index contributed by atoms with van der Waals surface area (Å²) in [6.07, 6.45) is 4.11. The van der Waals surface area contributed by atoms with Gasteiger partial charge >= 0.3 is 6.61 Å². The second-order valence-electron chi connectivity index (χ2n) is 6.81. The molecule has 0 radical (unpaired) electrons. The summed E-state index contributed by atoms with van der Waals surface area (Å²) in [6, 6.07) is 8.55. The van der Waals surface area contributed by atoms with Crippen LogP contribution in [-0.2, 0) is 18.6 Å². The first kappa shape index (κ1) is 21.1. The zero-order chi connectivity index (χ0) is 21.8. The predicted molar refractivity (Wildman–Crippen MR) is 108 cm³/mol. The molecule has 0 aliphatic heterocycles. The van der Waals surface area contributed by atoms with Crippen LogP contribution in [0.1, 0.15) is 35.6 Å². The first-order valence-electron chi connectivity index (χ1n) is 9.59. The van der Waals surface area contributed by atoms with Crippen LogP contribution in [-0.4, -0.2) is 28.8 Å². The lowest BCUT2D eigenvalue weighted by Gasteiger charge is -2.16. The van der Waals surface area contributed by atoms with Gasteiger partial charge in [-0.15, -0.1) is 0 Å². The van der Waals surface area contributed by atoms with Crippen molar-refractivity contribution in [2.24, 2.45) is 0 Å². The van der Waals surface area contributed by atoms with Gasteiger partial charge in [-0.05, 0) is 55.5 Å². The number of pyridine rings is 1. The molecule has 0 unspecified atom stereocenters. The molecule has 0 spiro atoms. The van der Waals surface area contributed by atoms with Gasteiger partial charge in [-0.2, -0.15) is 19.0 Å². The molecule has 3 aromatic rings. The van der Waals surface area contributed by atoms with Crippen molar-refractivity contribution in [1.29, 1.82) is 5.26 Å². The van der Waals surface area contributed by atoms with Gasteiger partial charge in [0.1, 0.15) is 11.1 Å². The minimum absolute atomic E-state index is 0.0805. The van der Waals surface area contributed by atoms with Gasteiger partial charge in [-0.1, -0.05) is 16.9 Å². The van der Waals surface area contributed by atoms with E-state index in [-0.39, 0.29) is 17.3 Å². The number of nitriles is 1. The predicted octanol–water partition coefficient (Wildman–Crippen LogP) is 4.78. The standard InChI is InChI=1S/C21H18F2N4O3S/c1-28-17-9-13(6-7-16(17)29-21(22)23)19-26-18(30-27-19)11-31-20-14(10-24)8-12-4-2-3-5-15(12)25-20/h6-9,21H,2-5,11H2,1H3. The zero-order valence-electron chi connectivity index (χ0n) is 16.6. The Morgan fingerprint density at radius 3 is 2.81 bits per heavy atom. The number of methoxy groups -OCH3 is 1. The Morgan fingerprint density at radius 1 is 1.19 bits per heavy atom. The number of ether oxygens (including phenoxy) is 2. The fourth-order valence-corrected chi connectivity index (χ4v) is 4.18. The first-order chi connectivity index (χ1) is 15.1. The van der Waals surface area contributed by atoms with Crippen molar-refractivity contribution in [2.75, 3.05) is 7.11 Å². The maximum atomic E-state index is 12.5. The van der Waals surface area contributed by atoms with Crippen LogP contribution in [0, 0.1) is 11.3 Å². The number of aromatic nitrogens is 3. The van der Waals surface area contributed by atoms with Crippen molar-refractivity contribution < 1.29 is 22.8 Å². The molecule has 2 heterocycles. The molecule has 1 aliphatic carbocycles. The molecule has 0 atom stereocenters. The molecule has 160 valence electrons. The molecule has 0 N–H and O–H groups in total. The maximum absolute atomic E-state index is 12.5. The van der Waals surface area contributed by atoms with Crippen molar-refractivity contribution in [3.05, 3.63) is 47.0 Å². The monoisotopic (exact) mass is 444 g/mol. The number of hydrogen-bond donors (Lipinski definition) is 0. The van der Waals surface area contributed by atoms with Gasteiger partial charge in [0, 0.05) is 11.3 Å². The summed E-state index contributed by atoms with van der Waals surface area (Å²) in [4.78, 5) is 9.03. The minimum atomic E-state index is -2.95. The van der Waals surface area contributed by atoms with Gasteiger partial charge in [-0.3, -0.25) is 0 Å². The number of aryl methyl sites for hydroxylation is 2. The zero-order valence-corrected chi connectivity index (χ0v) is 17.4. The number of thioether (sulfide) groups is 1. The summed E-state index contributed by atoms with van der Waals surface area (Å²) in [5.41, 5.74) is 3.28. The second-order valence-corrected chi connectivity index (χ2v) is 7.77. The highest BCUT2D eigenvalue weighted by Crippen LogP contribution is 2.33. The molecule has 1 aliphatic rings. The minimum Gasteiger partial charge on any atom is -0.493 e. The fraction of sp³-hybridized carbons (Fsp3) is 0.333. The third-order valence-electron chi connectivity index (χ3n) is 4.82. The summed E-state index contributed by atoms with van der Waals surface area (Å²) >= 11 is 1.37. The van der Waals surface area contributed by atoms with Crippen LogP contribution in [0.15, 0.2) is 33.8 Å². The molecule has 1 aromatic carbocycles. The van der Waals surface area contributed by atoms with Gasteiger partial charge in [0.05, 0.1) is 18.4 Å².